The van der Waals surface area contributed by atoms with E-state index in [2.05, 4.69) is 27.3 Å². The van der Waals surface area contributed by atoms with Crippen molar-refractivity contribution >= 4 is 0 Å². The van der Waals surface area contributed by atoms with E-state index < -0.39 is 0 Å². The third-order valence-corrected chi connectivity index (χ3v) is 4.23. The van der Waals surface area contributed by atoms with E-state index in [4.69, 9.17) is 0 Å². The molecule has 3 nitrogen and oxygen atoms in total. The molecule has 0 aliphatic carbocycles. The van der Waals surface area contributed by atoms with E-state index in [0.717, 1.165) is 24.9 Å². The zero-order chi connectivity index (χ0) is 11.5. The lowest BCUT2D eigenvalue weighted by Gasteiger charge is -2.45. The van der Waals surface area contributed by atoms with Gasteiger partial charge in [0.25, 0.3) is 0 Å². The van der Waals surface area contributed by atoms with Crippen molar-refractivity contribution in [3.63, 3.8) is 0 Å². The lowest BCUT2D eigenvalue weighted by Crippen LogP contribution is -2.56. The van der Waals surface area contributed by atoms with Crippen molar-refractivity contribution in [1.82, 2.24) is 15.2 Å². The van der Waals surface area contributed by atoms with Gasteiger partial charge in [0.15, 0.2) is 0 Å². The molecule has 0 spiro atoms. The number of rotatable bonds is 4. The summed E-state index contributed by atoms with van der Waals surface area (Å²) in [6.45, 7) is 5.01. The van der Waals surface area contributed by atoms with Gasteiger partial charge in [0.2, 0.25) is 0 Å². The quantitative estimate of drug-likeness (QED) is 0.847. The van der Waals surface area contributed by atoms with Gasteiger partial charge in [0, 0.05) is 25.0 Å². The molecule has 4 rings (SSSR count). The van der Waals surface area contributed by atoms with Crippen molar-refractivity contribution in [2.45, 2.75) is 25.3 Å². The molecule has 3 fully saturated rings. The van der Waals surface area contributed by atoms with Crippen molar-refractivity contribution in [2.24, 2.45) is 5.92 Å². The Morgan fingerprint density at radius 2 is 2.00 bits per heavy atom. The maximum atomic E-state index is 4.05. The Morgan fingerprint density at radius 3 is 2.65 bits per heavy atom. The molecule has 92 valence electrons. The van der Waals surface area contributed by atoms with Crippen LogP contribution in [-0.4, -0.2) is 42.1 Å². The minimum atomic E-state index is 0.735. The number of nitrogens with zero attached hydrogens (tertiary/aromatic N) is 2. The number of aromatic nitrogens is 1. The molecule has 3 aliphatic rings. The topological polar surface area (TPSA) is 28.2 Å². The van der Waals surface area contributed by atoms with E-state index in [1.807, 2.05) is 12.4 Å². The molecule has 17 heavy (non-hydrogen) atoms. The number of piperidine rings is 3. The maximum absolute atomic E-state index is 4.05. The lowest BCUT2D eigenvalue weighted by molar-refractivity contribution is 0.0731. The summed E-state index contributed by atoms with van der Waals surface area (Å²) < 4.78 is 0. The first-order valence-corrected chi connectivity index (χ1v) is 6.76. The van der Waals surface area contributed by atoms with Crippen LogP contribution in [0.5, 0.6) is 0 Å². The van der Waals surface area contributed by atoms with Crippen LogP contribution >= 0.6 is 0 Å². The molecule has 0 aromatic carbocycles. The highest BCUT2D eigenvalue weighted by Gasteiger charge is 2.33. The summed E-state index contributed by atoms with van der Waals surface area (Å²) in [6.07, 6.45) is 7.67. The van der Waals surface area contributed by atoms with E-state index in [9.17, 15) is 0 Å². The van der Waals surface area contributed by atoms with Crippen LogP contribution in [0.4, 0.5) is 0 Å². The van der Waals surface area contributed by atoms with E-state index in [1.54, 1.807) is 0 Å². The fourth-order valence-electron chi connectivity index (χ4n) is 3.15. The molecule has 1 aromatic rings. The van der Waals surface area contributed by atoms with Gasteiger partial charge >= 0.3 is 0 Å². The molecule has 0 saturated carbocycles. The van der Waals surface area contributed by atoms with E-state index in [-0.39, 0.29) is 0 Å². The normalized spacial score (nSPS) is 31.6. The highest BCUT2D eigenvalue weighted by molar-refractivity contribution is 5.10. The molecule has 2 bridgehead atoms. The van der Waals surface area contributed by atoms with Crippen LogP contribution in [0.25, 0.3) is 0 Å². The minimum Gasteiger partial charge on any atom is -0.312 e. The molecule has 0 radical (unpaired) electrons. The Bertz CT molecular complexity index is 344. The van der Waals surface area contributed by atoms with Crippen LogP contribution in [0.15, 0.2) is 24.5 Å². The Labute approximate surface area is 103 Å². The fourth-order valence-corrected chi connectivity index (χ4v) is 3.15. The Morgan fingerprint density at radius 1 is 1.24 bits per heavy atom. The number of nitrogens with one attached hydrogen (secondary N) is 1. The number of fused-ring (bicyclic) bond motifs is 3. The molecule has 1 N–H and O–H groups in total. The first-order valence-electron chi connectivity index (χ1n) is 6.76. The van der Waals surface area contributed by atoms with Crippen molar-refractivity contribution in [3.05, 3.63) is 30.1 Å². The predicted molar refractivity (Wildman–Crippen MR) is 68.9 cm³/mol. The van der Waals surface area contributed by atoms with Gasteiger partial charge in [-0.15, -0.1) is 0 Å². The number of pyridine rings is 1. The summed E-state index contributed by atoms with van der Waals surface area (Å²) in [5, 5.41) is 3.74. The van der Waals surface area contributed by atoms with Crippen LogP contribution in [0.2, 0.25) is 0 Å². The average Bonchev–Trinajstić information content (AvgIpc) is 2.41. The lowest BCUT2D eigenvalue weighted by atomic mass is 9.84. The summed E-state index contributed by atoms with van der Waals surface area (Å²) in [5.74, 6) is 0.928. The van der Waals surface area contributed by atoms with E-state index in [1.165, 1.54) is 38.0 Å². The van der Waals surface area contributed by atoms with Crippen molar-refractivity contribution in [1.29, 1.82) is 0 Å². The van der Waals surface area contributed by atoms with E-state index >= 15 is 0 Å². The van der Waals surface area contributed by atoms with Gasteiger partial charge in [0.05, 0.1) is 0 Å². The first-order chi connectivity index (χ1) is 8.42. The van der Waals surface area contributed by atoms with Crippen LogP contribution in [0, 0.1) is 5.92 Å². The summed E-state index contributed by atoms with van der Waals surface area (Å²) in [4.78, 5) is 6.65. The van der Waals surface area contributed by atoms with Gasteiger partial charge in [-0.25, -0.2) is 0 Å². The zero-order valence-corrected chi connectivity index (χ0v) is 10.3. The molecule has 0 amide bonds. The van der Waals surface area contributed by atoms with Crippen LogP contribution < -0.4 is 5.32 Å². The van der Waals surface area contributed by atoms with Crippen LogP contribution in [-0.2, 0) is 6.42 Å². The highest BCUT2D eigenvalue weighted by Crippen LogP contribution is 2.27. The largest absolute Gasteiger partial charge is 0.312 e. The highest BCUT2D eigenvalue weighted by atomic mass is 15.2. The Kier molecular flexibility index (Phi) is 3.39. The molecule has 3 heteroatoms. The van der Waals surface area contributed by atoms with Gasteiger partial charge in [-0.2, -0.15) is 0 Å². The summed E-state index contributed by atoms with van der Waals surface area (Å²) in [7, 11) is 0. The molecule has 1 atom stereocenters. The number of hydrogen-bond acceptors (Lipinski definition) is 3. The van der Waals surface area contributed by atoms with Gasteiger partial charge < -0.3 is 10.2 Å². The van der Waals surface area contributed by atoms with Crippen LogP contribution in [0.3, 0.4) is 0 Å². The molecule has 3 saturated heterocycles. The first kappa shape index (κ1) is 11.2. The Hall–Kier alpha value is -0.930. The fraction of sp³-hybridized carbons (Fsp3) is 0.643. The molecule has 1 unspecified atom stereocenters. The summed E-state index contributed by atoms with van der Waals surface area (Å²) in [6, 6.07) is 4.95. The summed E-state index contributed by atoms with van der Waals surface area (Å²) in [5.41, 5.74) is 1.38. The molecule has 4 heterocycles. The van der Waals surface area contributed by atoms with Gasteiger partial charge in [0.1, 0.15) is 0 Å². The maximum Gasteiger partial charge on any atom is 0.0270 e. The second kappa shape index (κ2) is 5.15. The van der Waals surface area contributed by atoms with Gasteiger partial charge in [-0.05, 0) is 62.5 Å². The monoisotopic (exact) mass is 231 g/mol. The van der Waals surface area contributed by atoms with E-state index in [0.29, 0.717) is 0 Å². The van der Waals surface area contributed by atoms with Crippen molar-refractivity contribution in [3.8, 4) is 0 Å². The van der Waals surface area contributed by atoms with Gasteiger partial charge in [-0.1, -0.05) is 0 Å². The second-order valence-electron chi connectivity index (χ2n) is 5.30. The zero-order valence-electron chi connectivity index (χ0n) is 10.3. The molecule has 1 aromatic heterocycles. The SMILES string of the molecule is c1cc(CCNC2CN3CCC2CC3)ccn1. The molecular weight excluding hydrogens is 210 g/mol. The predicted octanol–water partition coefficient (Wildman–Crippen LogP) is 1.31. The number of hydrogen-bond donors (Lipinski definition) is 1. The smallest absolute Gasteiger partial charge is 0.0270 e. The van der Waals surface area contributed by atoms with Crippen molar-refractivity contribution < 1.29 is 0 Å². The van der Waals surface area contributed by atoms with Crippen molar-refractivity contribution in [2.75, 3.05) is 26.2 Å². The Balaban J connectivity index is 1.46. The third kappa shape index (κ3) is 2.67. The minimum absolute atomic E-state index is 0.735. The van der Waals surface area contributed by atoms with Gasteiger partial charge in [-0.3, -0.25) is 4.98 Å². The summed E-state index contributed by atoms with van der Waals surface area (Å²) >= 11 is 0. The standard InChI is InChI=1S/C14H21N3/c1-6-15-7-2-12(1)3-8-16-14-11-17-9-4-13(14)5-10-17/h1-2,6-7,13-14,16H,3-5,8-11H2. The molecule has 3 aliphatic heterocycles. The molecular formula is C14H21N3. The second-order valence-corrected chi connectivity index (χ2v) is 5.30. The van der Waals surface area contributed by atoms with Crippen LogP contribution in [0.1, 0.15) is 18.4 Å². The third-order valence-electron chi connectivity index (χ3n) is 4.23. The average molecular weight is 231 g/mol.